The molecule has 0 atom stereocenters. The van der Waals surface area contributed by atoms with E-state index in [1.54, 1.807) is 13.3 Å². The van der Waals surface area contributed by atoms with Crippen molar-refractivity contribution in [3.63, 3.8) is 0 Å². The number of benzene rings is 1. The van der Waals surface area contributed by atoms with Crippen molar-refractivity contribution in [3.05, 3.63) is 36.5 Å². The van der Waals surface area contributed by atoms with Gasteiger partial charge >= 0.3 is 0 Å². The first-order chi connectivity index (χ1) is 12.8. The summed E-state index contributed by atoms with van der Waals surface area (Å²) in [5.74, 6) is 0.801. The highest BCUT2D eigenvalue weighted by Gasteiger charge is 2.23. The zero-order valence-electron chi connectivity index (χ0n) is 14.7. The van der Waals surface area contributed by atoms with E-state index < -0.39 is 0 Å². The van der Waals surface area contributed by atoms with Crippen molar-refractivity contribution in [2.45, 2.75) is 32.1 Å². The lowest BCUT2D eigenvalue weighted by Gasteiger charge is -2.19. The highest BCUT2D eigenvalue weighted by Crippen LogP contribution is 2.38. The molecule has 0 spiro atoms. The molecule has 1 aliphatic carbocycles. The number of thiazole rings is 1. The van der Waals surface area contributed by atoms with Crippen molar-refractivity contribution >= 4 is 32.6 Å². The lowest BCUT2D eigenvalue weighted by molar-refractivity contribution is -0.120. The Hall–Kier alpha value is -2.47. The second-order valence-corrected chi connectivity index (χ2v) is 7.56. The number of ether oxygens (including phenoxy) is 1. The van der Waals surface area contributed by atoms with Crippen molar-refractivity contribution < 1.29 is 9.53 Å². The minimum absolute atomic E-state index is 0.0805. The summed E-state index contributed by atoms with van der Waals surface area (Å²) >= 11 is 1.46. The smallest absolute Gasteiger partial charge is 0.229 e. The van der Waals surface area contributed by atoms with Crippen LogP contribution < -0.4 is 10.1 Å². The third-order valence-electron chi connectivity index (χ3n) is 4.86. The predicted molar refractivity (Wildman–Crippen MR) is 105 cm³/mol. The molecule has 1 fully saturated rings. The first-order valence-corrected chi connectivity index (χ1v) is 9.77. The van der Waals surface area contributed by atoms with Gasteiger partial charge in [-0.05, 0) is 12.8 Å². The van der Waals surface area contributed by atoms with Crippen molar-refractivity contribution in [3.8, 4) is 17.0 Å². The number of carbonyl (C=O) groups is 1. The summed E-state index contributed by atoms with van der Waals surface area (Å²) in [7, 11) is 1.61. The Morgan fingerprint density at radius 3 is 2.69 bits per heavy atom. The van der Waals surface area contributed by atoms with Crippen molar-refractivity contribution in [2.75, 3.05) is 12.4 Å². The van der Waals surface area contributed by atoms with E-state index in [1.807, 2.05) is 30.3 Å². The second-order valence-electron chi connectivity index (χ2n) is 6.56. The van der Waals surface area contributed by atoms with E-state index in [2.05, 4.69) is 15.3 Å². The molecule has 3 aromatic rings. The fraction of sp³-hybridized carbons (Fsp3) is 0.350. The van der Waals surface area contributed by atoms with Crippen LogP contribution in [0, 0.1) is 5.92 Å². The molecule has 26 heavy (non-hydrogen) atoms. The molecular weight excluding hydrogens is 346 g/mol. The number of anilines is 1. The molecule has 4 rings (SSSR count). The van der Waals surface area contributed by atoms with Gasteiger partial charge in [0.25, 0.3) is 0 Å². The van der Waals surface area contributed by atoms with Gasteiger partial charge in [-0.2, -0.15) is 0 Å². The fourth-order valence-corrected chi connectivity index (χ4v) is 4.46. The normalized spacial score (nSPS) is 15.1. The monoisotopic (exact) mass is 367 g/mol. The third kappa shape index (κ3) is 3.29. The number of methoxy groups -OCH3 is 1. The van der Waals surface area contributed by atoms with Crippen LogP contribution in [-0.4, -0.2) is 23.0 Å². The van der Waals surface area contributed by atoms with Crippen LogP contribution in [0.25, 0.3) is 21.5 Å². The van der Waals surface area contributed by atoms with Crippen LogP contribution in [0.15, 0.2) is 36.5 Å². The molecule has 0 aliphatic heterocycles. The summed E-state index contributed by atoms with van der Waals surface area (Å²) in [5.41, 5.74) is 2.62. The topological polar surface area (TPSA) is 64.1 Å². The molecule has 1 N–H and O–H groups in total. The van der Waals surface area contributed by atoms with Crippen LogP contribution in [0.2, 0.25) is 0 Å². The van der Waals surface area contributed by atoms with Crippen LogP contribution >= 0.6 is 11.3 Å². The Morgan fingerprint density at radius 1 is 1.19 bits per heavy atom. The number of hydrogen-bond acceptors (Lipinski definition) is 5. The van der Waals surface area contributed by atoms with Crippen LogP contribution in [0.3, 0.4) is 0 Å². The van der Waals surface area contributed by atoms with Crippen LogP contribution in [0.4, 0.5) is 5.13 Å². The fourth-order valence-electron chi connectivity index (χ4n) is 3.47. The van der Waals surface area contributed by atoms with Gasteiger partial charge in [-0.25, -0.2) is 4.98 Å². The van der Waals surface area contributed by atoms with E-state index in [1.165, 1.54) is 17.8 Å². The SMILES string of the molecule is COc1cnc(-c2ccccc2)c2sc(NC(=O)C3CCCCC3)nc12. The highest BCUT2D eigenvalue weighted by molar-refractivity contribution is 7.22. The second kappa shape index (κ2) is 7.41. The van der Waals surface area contributed by atoms with E-state index in [4.69, 9.17) is 4.74 Å². The van der Waals surface area contributed by atoms with Gasteiger partial charge in [-0.15, -0.1) is 0 Å². The minimum atomic E-state index is 0.0805. The number of rotatable bonds is 4. The summed E-state index contributed by atoms with van der Waals surface area (Å²) in [6.07, 6.45) is 7.13. The molecule has 1 amide bonds. The molecule has 0 radical (unpaired) electrons. The molecule has 134 valence electrons. The lowest BCUT2D eigenvalue weighted by atomic mass is 9.89. The molecule has 5 nitrogen and oxygen atoms in total. The van der Waals surface area contributed by atoms with Gasteiger partial charge in [0.05, 0.1) is 23.7 Å². The van der Waals surface area contributed by atoms with Gasteiger partial charge in [0, 0.05) is 11.5 Å². The molecule has 0 saturated heterocycles. The minimum Gasteiger partial charge on any atom is -0.493 e. The third-order valence-corrected chi connectivity index (χ3v) is 5.84. The van der Waals surface area contributed by atoms with E-state index in [0.717, 1.165) is 47.2 Å². The predicted octanol–water partition coefficient (Wildman–Crippen LogP) is 4.89. The number of carbonyl (C=O) groups excluding carboxylic acids is 1. The number of amides is 1. The maximum atomic E-state index is 12.6. The molecule has 2 heterocycles. The van der Waals surface area contributed by atoms with E-state index in [9.17, 15) is 4.79 Å². The first kappa shape index (κ1) is 17.0. The zero-order valence-corrected chi connectivity index (χ0v) is 15.5. The largest absolute Gasteiger partial charge is 0.493 e. The highest BCUT2D eigenvalue weighted by atomic mass is 32.1. The standard InChI is InChI=1S/C20H21N3O2S/c1-25-15-12-21-16(13-8-4-2-5-9-13)18-17(15)22-20(26-18)23-19(24)14-10-6-3-7-11-14/h2,4-5,8-9,12,14H,3,6-7,10-11H2,1H3,(H,22,23,24). The number of pyridine rings is 1. The zero-order chi connectivity index (χ0) is 17.9. The average Bonchev–Trinajstić information content (AvgIpc) is 3.12. The van der Waals surface area contributed by atoms with Crippen molar-refractivity contribution in [2.24, 2.45) is 5.92 Å². The Balaban J connectivity index is 1.70. The van der Waals surface area contributed by atoms with E-state index in [0.29, 0.717) is 10.9 Å². The molecule has 6 heteroatoms. The van der Waals surface area contributed by atoms with E-state index >= 15 is 0 Å². The summed E-state index contributed by atoms with van der Waals surface area (Å²) in [4.78, 5) is 21.8. The molecule has 2 aromatic heterocycles. The van der Waals surface area contributed by atoms with Gasteiger partial charge < -0.3 is 10.1 Å². The Morgan fingerprint density at radius 2 is 1.96 bits per heavy atom. The van der Waals surface area contributed by atoms with Gasteiger partial charge in [-0.3, -0.25) is 9.78 Å². The maximum Gasteiger partial charge on any atom is 0.229 e. The molecule has 1 saturated carbocycles. The number of aromatic nitrogens is 2. The van der Waals surface area contributed by atoms with Crippen molar-refractivity contribution in [1.82, 2.24) is 9.97 Å². The van der Waals surface area contributed by atoms with Crippen molar-refractivity contribution in [1.29, 1.82) is 0 Å². The lowest BCUT2D eigenvalue weighted by Crippen LogP contribution is -2.24. The van der Waals surface area contributed by atoms with Crippen LogP contribution in [0.5, 0.6) is 5.75 Å². The number of nitrogens with one attached hydrogen (secondary N) is 1. The summed E-state index contributed by atoms with van der Waals surface area (Å²) in [6, 6.07) is 10.00. The van der Waals surface area contributed by atoms with Crippen LogP contribution in [-0.2, 0) is 4.79 Å². The quantitative estimate of drug-likeness (QED) is 0.713. The molecular formula is C20H21N3O2S. The van der Waals surface area contributed by atoms with Gasteiger partial charge in [0.1, 0.15) is 5.52 Å². The van der Waals surface area contributed by atoms with Gasteiger partial charge in [-0.1, -0.05) is 60.9 Å². The summed E-state index contributed by atoms with van der Waals surface area (Å²) < 4.78 is 6.35. The molecule has 0 bridgehead atoms. The molecule has 1 aromatic carbocycles. The Bertz CT molecular complexity index is 917. The number of fused-ring (bicyclic) bond motifs is 1. The average molecular weight is 367 g/mol. The van der Waals surface area contributed by atoms with Crippen LogP contribution in [0.1, 0.15) is 32.1 Å². The van der Waals surface area contributed by atoms with Gasteiger partial charge in [0.15, 0.2) is 10.9 Å². The number of hydrogen-bond donors (Lipinski definition) is 1. The maximum absolute atomic E-state index is 12.6. The molecule has 1 aliphatic rings. The summed E-state index contributed by atoms with van der Waals surface area (Å²) in [5, 5.41) is 3.63. The molecule has 0 unspecified atom stereocenters. The summed E-state index contributed by atoms with van der Waals surface area (Å²) in [6.45, 7) is 0. The van der Waals surface area contributed by atoms with E-state index in [-0.39, 0.29) is 11.8 Å². The first-order valence-electron chi connectivity index (χ1n) is 8.96. The number of nitrogens with zero attached hydrogens (tertiary/aromatic N) is 2. The Labute approximate surface area is 156 Å². The Kier molecular flexibility index (Phi) is 4.84. The van der Waals surface area contributed by atoms with Gasteiger partial charge in [0.2, 0.25) is 5.91 Å².